The van der Waals surface area contributed by atoms with Crippen LogP contribution in [-0.2, 0) is 6.54 Å². The van der Waals surface area contributed by atoms with Gasteiger partial charge in [-0.25, -0.2) is 0 Å². The van der Waals surface area contributed by atoms with Crippen LogP contribution in [0.15, 0.2) is 30.5 Å². The molecule has 18 heavy (non-hydrogen) atoms. The summed E-state index contributed by atoms with van der Waals surface area (Å²) in [5, 5.41) is 1.24. The van der Waals surface area contributed by atoms with E-state index in [-0.39, 0.29) is 0 Å². The molecule has 3 nitrogen and oxygen atoms in total. The molecule has 1 heterocycles. The first-order valence-corrected chi connectivity index (χ1v) is 6.45. The van der Waals surface area contributed by atoms with Crippen molar-refractivity contribution in [3.63, 3.8) is 0 Å². The Morgan fingerprint density at radius 2 is 2.06 bits per heavy atom. The summed E-state index contributed by atoms with van der Waals surface area (Å²) in [6.45, 7) is 3.26. The van der Waals surface area contributed by atoms with Crippen molar-refractivity contribution in [2.45, 2.75) is 25.9 Å². The molecule has 1 aromatic carbocycles. The minimum Gasteiger partial charge on any atom is -0.497 e. The SMILES string of the molecule is CC[C@@H](Cn1ccc2cc(OC)ccc21)N(C)C. The fourth-order valence-electron chi connectivity index (χ4n) is 2.35. The smallest absolute Gasteiger partial charge is 0.119 e. The molecule has 1 aromatic heterocycles. The molecule has 0 aliphatic carbocycles. The van der Waals surface area contributed by atoms with Crippen molar-refractivity contribution in [2.24, 2.45) is 0 Å². The molecule has 2 rings (SSSR count). The van der Waals surface area contributed by atoms with Gasteiger partial charge in [0.05, 0.1) is 7.11 Å². The van der Waals surface area contributed by atoms with E-state index in [1.807, 2.05) is 6.07 Å². The van der Waals surface area contributed by atoms with E-state index in [9.17, 15) is 0 Å². The Kier molecular flexibility index (Phi) is 3.92. The standard InChI is InChI=1S/C15H22N2O/c1-5-13(16(2)3)11-17-9-8-12-10-14(18-4)6-7-15(12)17/h6-10,13H,5,11H2,1-4H3/t13-/m0/s1. The van der Waals surface area contributed by atoms with Gasteiger partial charge in [-0.2, -0.15) is 0 Å². The second kappa shape index (κ2) is 5.44. The van der Waals surface area contributed by atoms with Gasteiger partial charge in [0.2, 0.25) is 0 Å². The first kappa shape index (κ1) is 13.0. The van der Waals surface area contributed by atoms with Crippen molar-refractivity contribution in [3.8, 4) is 5.75 Å². The number of rotatable bonds is 5. The third-order valence-corrected chi connectivity index (χ3v) is 3.59. The Balaban J connectivity index is 2.29. The first-order chi connectivity index (χ1) is 8.65. The molecular formula is C15H22N2O. The second-order valence-electron chi connectivity index (χ2n) is 4.92. The highest BCUT2D eigenvalue weighted by molar-refractivity contribution is 5.81. The van der Waals surface area contributed by atoms with Crippen LogP contribution in [0.5, 0.6) is 5.75 Å². The van der Waals surface area contributed by atoms with Gasteiger partial charge < -0.3 is 14.2 Å². The molecule has 3 heteroatoms. The molecule has 0 bridgehead atoms. The summed E-state index contributed by atoms with van der Waals surface area (Å²) in [6, 6.07) is 8.97. The maximum atomic E-state index is 5.25. The van der Waals surface area contributed by atoms with Crippen LogP contribution in [-0.4, -0.2) is 36.7 Å². The van der Waals surface area contributed by atoms with E-state index in [4.69, 9.17) is 4.74 Å². The third kappa shape index (κ3) is 2.51. The highest BCUT2D eigenvalue weighted by atomic mass is 16.5. The van der Waals surface area contributed by atoms with Gasteiger partial charge in [0.15, 0.2) is 0 Å². The molecule has 0 spiro atoms. The highest BCUT2D eigenvalue weighted by Crippen LogP contribution is 2.22. The predicted octanol–water partition coefficient (Wildman–Crippen LogP) is 2.99. The van der Waals surface area contributed by atoms with E-state index >= 15 is 0 Å². The van der Waals surface area contributed by atoms with Crippen LogP contribution < -0.4 is 4.74 Å². The summed E-state index contributed by atoms with van der Waals surface area (Å²) in [6.07, 6.45) is 3.32. The maximum Gasteiger partial charge on any atom is 0.119 e. The summed E-state index contributed by atoms with van der Waals surface area (Å²) in [5.41, 5.74) is 1.27. The van der Waals surface area contributed by atoms with Crippen molar-refractivity contribution in [1.82, 2.24) is 9.47 Å². The van der Waals surface area contributed by atoms with Gasteiger partial charge in [0, 0.05) is 29.7 Å². The number of nitrogens with zero attached hydrogens (tertiary/aromatic N) is 2. The molecule has 0 saturated carbocycles. The lowest BCUT2D eigenvalue weighted by atomic mass is 10.2. The lowest BCUT2D eigenvalue weighted by molar-refractivity contribution is 0.259. The highest BCUT2D eigenvalue weighted by Gasteiger charge is 2.11. The molecule has 0 radical (unpaired) electrons. The zero-order valence-electron chi connectivity index (χ0n) is 11.7. The van der Waals surface area contributed by atoms with Crippen LogP contribution in [0, 0.1) is 0 Å². The molecule has 0 unspecified atom stereocenters. The van der Waals surface area contributed by atoms with Crippen LogP contribution in [0.3, 0.4) is 0 Å². The second-order valence-corrected chi connectivity index (χ2v) is 4.92. The molecular weight excluding hydrogens is 224 g/mol. The van der Waals surface area contributed by atoms with E-state index in [1.54, 1.807) is 7.11 Å². The first-order valence-electron chi connectivity index (χ1n) is 6.45. The van der Waals surface area contributed by atoms with Gasteiger partial charge in [0.1, 0.15) is 5.75 Å². The van der Waals surface area contributed by atoms with Crippen molar-refractivity contribution >= 4 is 10.9 Å². The summed E-state index contributed by atoms with van der Waals surface area (Å²) < 4.78 is 7.58. The number of aromatic nitrogens is 1. The van der Waals surface area contributed by atoms with Gasteiger partial charge in [-0.1, -0.05) is 6.92 Å². The number of hydrogen-bond acceptors (Lipinski definition) is 2. The predicted molar refractivity (Wildman–Crippen MR) is 76.3 cm³/mol. The van der Waals surface area contributed by atoms with E-state index in [1.165, 1.54) is 10.9 Å². The van der Waals surface area contributed by atoms with E-state index < -0.39 is 0 Å². The van der Waals surface area contributed by atoms with Crippen LogP contribution in [0.1, 0.15) is 13.3 Å². The monoisotopic (exact) mass is 246 g/mol. The van der Waals surface area contributed by atoms with Gasteiger partial charge >= 0.3 is 0 Å². The average Bonchev–Trinajstić information content (AvgIpc) is 2.77. The van der Waals surface area contributed by atoms with Gasteiger partial charge in [-0.15, -0.1) is 0 Å². The zero-order chi connectivity index (χ0) is 13.1. The number of fused-ring (bicyclic) bond motifs is 1. The number of methoxy groups -OCH3 is 1. The third-order valence-electron chi connectivity index (χ3n) is 3.59. The number of likely N-dealkylation sites (N-methyl/N-ethyl adjacent to an activating group) is 1. The number of hydrogen-bond donors (Lipinski definition) is 0. The maximum absolute atomic E-state index is 5.25. The molecule has 0 aliphatic heterocycles. The Morgan fingerprint density at radius 1 is 1.28 bits per heavy atom. The minimum atomic E-state index is 0.572. The van der Waals surface area contributed by atoms with Crippen molar-refractivity contribution in [1.29, 1.82) is 0 Å². The molecule has 0 saturated heterocycles. The van der Waals surface area contributed by atoms with Crippen LogP contribution in [0.25, 0.3) is 10.9 Å². The molecule has 2 aromatic rings. The van der Waals surface area contributed by atoms with E-state index in [0.29, 0.717) is 6.04 Å². The Labute approximate surface area is 109 Å². The Morgan fingerprint density at radius 3 is 2.67 bits per heavy atom. The molecule has 0 fully saturated rings. The lowest BCUT2D eigenvalue weighted by Gasteiger charge is -2.23. The van der Waals surface area contributed by atoms with Crippen LogP contribution in [0.2, 0.25) is 0 Å². The van der Waals surface area contributed by atoms with Crippen molar-refractivity contribution in [2.75, 3.05) is 21.2 Å². The molecule has 0 N–H and O–H groups in total. The number of ether oxygens (including phenoxy) is 1. The van der Waals surface area contributed by atoms with E-state index in [2.05, 4.69) is 54.9 Å². The summed E-state index contributed by atoms with van der Waals surface area (Å²) in [7, 11) is 5.99. The average molecular weight is 246 g/mol. The topological polar surface area (TPSA) is 17.4 Å². The molecule has 1 atom stereocenters. The van der Waals surface area contributed by atoms with Crippen molar-refractivity contribution < 1.29 is 4.74 Å². The molecule has 0 aliphatic rings. The van der Waals surface area contributed by atoms with Crippen LogP contribution >= 0.6 is 0 Å². The zero-order valence-corrected chi connectivity index (χ0v) is 11.7. The fraction of sp³-hybridized carbons (Fsp3) is 0.467. The quantitative estimate of drug-likeness (QED) is 0.807. The Bertz CT molecular complexity index is 516. The molecule has 98 valence electrons. The fourth-order valence-corrected chi connectivity index (χ4v) is 2.35. The normalized spacial score (nSPS) is 13.2. The van der Waals surface area contributed by atoms with Crippen LogP contribution in [0.4, 0.5) is 0 Å². The number of benzene rings is 1. The molecule has 0 amide bonds. The van der Waals surface area contributed by atoms with E-state index in [0.717, 1.165) is 18.7 Å². The summed E-state index contributed by atoms with van der Waals surface area (Å²) in [5.74, 6) is 0.917. The van der Waals surface area contributed by atoms with Gasteiger partial charge in [-0.05, 0) is 44.8 Å². The summed E-state index contributed by atoms with van der Waals surface area (Å²) >= 11 is 0. The van der Waals surface area contributed by atoms with Gasteiger partial charge in [-0.3, -0.25) is 0 Å². The van der Waals surface area contributed by atoms with Gasteiger partial charge in [0.25, 0.3) is 0 Å². The largest absolute Gasteiger partial charge is 0.497 e. The Hall–Kier alpha value is -1.48. The summed E-state index contributed by atoms with van der Waals surface area (Å²) in [4.78, 5) is 2.29. The van der Waals surface area contributed by atoms with Crippen molar-refractivity contribution in [3.05, 3.63) is 30.5 Å². The lowest BCUT2D eigenvalue weighted by Crippen LogP contribution is -2.31. The minimum absolute atomic E-state index is 0.572.